The normalized spacial score (nSPS) is 27.2. The van der Waals surface area contributed by atoms with Crippen molar-refractivity contribution in [3.8, 4) is 0 Å². The van der Waals surface area contributed by atoms with E-state index in [4.69, 9.17) is 10.5 Å². The van der Waals surface area contributed by atoms with Gasteiger partial charge in [0.25, 0.3) is 5.91 Å². The maximum absolute atomic E-state index is 12.8. The van der Waals surface area contributed by atoms with Gasteiger partial charge in [-0.25, -0.2) is 0 Å². The van der Waals surface area contributed by atoms with Crippen molar-refractivity contribution >= 4 is 11.8 Å². The Bertz CT molecular complexity index is 691. The lowest BCUT2D eigenvalue weighted by atomic mass is 9.89. The Kier molecular flexibility index (Phi) is 4.25. The van der Waals surface area contributed by atoms with Gasteiger partial charge in [-0.1, -0.05) is 12.1 Å². The molecule has 4 rings (SSSR count). The molecule has 6 heteroatoms. The van der Waals surface area contributed by atoms with Crippen LogP contribution >= 0.6 is 0 Å². The number of hydrogen-bond donors (Lipinski definition) is 1. The first-order valence-corrected chi connectivity index (χ1v) is 9.08. The predicted molar refractivity (Wildman–Crippen MR) is 93.2 cm³/mol. The molecule has 0 radical (unpaired) electrons. The fraction of sp³-hybridized carbons (Fsp3) is 0.579. The third-order valence-electron chi connectivity index (χ3n) is 6.06. The van der Waals surface area contributed by atoms with Gasteiger partial charge in [-0.05, 0) is 37.3 Å². The lowest BCUT2D eigenvalue weighted by Crippen LogP contribution is -2.62. The van der Waals surface area contributed by atoms with Gasteiger partial charge < -0.3 is 15.4 Å². The average Bonchev–Trinajstić information content (AvgIpc) is 2.91. The topological polar surface area (TPSA) is 75.9 Å². The lowest BCUT2D eigenvalue weighted by Gasteiger charge is -2.49. The van der Waals surface area contributed by atoms with Gasteiger partial charge in [-0.2, -0.15) is 0 Å². The van der Waals surface area contributed by atoms with Gasteiger partial charge >= 0.3 is 0 Å². The summed E-state index contributed by atoms with van der Waals surface area (Å²) in [7, 11) is 1.79. The van der Waals surface area contributed by atoms with Crippen LogP contribution in [-0.2, 0) is 11.3 Å². The van der Waals surface area contributed by atoms with E-state index >= 15 is 0 Å². The number of carbonyl (C=O) groups is 2. The van der Waals surface area contributed by atoms with E-state index in [1.54, 1.807) is 19.2 Å². The number of carbonyl (C=O) groups excluding carboxylic acids is 2. The molecule has 2 amide bonds. The third kappa shape index (κ3) is 2.83. The number of benzene rings is 1. The van der Waals surface area contributed by atoms with Crippen LogP contribution in [0.25, 0.3) is 0 Å². The lowest BCUT2D eigenvalue weighted by molar-refractivity contribution is -0.0200. The molecule has 25 heavy (non-hydrogen) atoms. The van der Waals surface area contributed by atoms with Crippen LogP contribution in [0, 0.1) is 0 Å². The largest absolute Gasteiger partial charge is 0.381 e. The summed E-state index contributed by atoms with van der Waals surface area (Å²) in [6, 6.07) is 6.22. The Balaban J connectivity index is 1.39. The highest BCUT2D eigenvalue weighted by molar-refractivity contribution is 6.09. The highest BCUT2D eigenvalue weighted by Crippen LogP contribution is 2.33. The van der Waals surface area contributed by atoms with Gasteiger partial charge in [0, 0.05) is 32.8 Å². The third-order valence-corrected chi connectivity index (χ3v) is 6.06. The molecule has 0 spiro atoms. The molecule has 0 aromatic heterocycles. The van der Waals surface area contributed by atoms with Crippen LogP contribution in [0.3, 0.4) is 0 Å². The molecule has 2 heterocycles. The Hall–Kier alpha value is -1.92. The van der Waals surface area contributed by atoms with Gasteiger partial charge in [0.1, 0.15) is 0 Å². The van der Waals surface area contributed by atoms with E-state index in [1.807, 2.05) is 11.0 Å². The van der Waals surface area contributed by atoms with Crippen molar-refractivity contribution in [2.24, 2.45) is 5.73 Å². The minimum absolute atomic E-state index is 0.0443. The van der Waals surface area contributed by atoms with Crippen molar-refractivity contribution in [3.63, 3.8) is 0 Å². The van der Waals surface area contributed by atoms with Crippen molar-refractivity contribution in [2.75, 3.05) is 20.2 Å². The van der Waals surface area contributed by atoms with E-state index in [9.17, 15) is 9.59 Å². The Morgan fingerprint density at radius 1 is 1.16 bits per heavy atom. The van der Waals surface area contributed by atoms with Gasteiger partial charge in [-0.3, -0.25) is 14.5 Å². The van der Waals surface area contributed by atoms with Crippen molar-refractivity contribution in [1.82, 2.24) is 9.80 Å². The Morgan fingerprint density at radius 3 is 2.52 bits per heavy atom. The van der Waals surface area contributed by atoms with Gasteiger partial charge in [-0.15, -0.1) is 0 Å². The molecule has 0 bridgehead atoms. The van der Waals surface area contributed by atoms with Crippen LogP contribution in [0.4, 0.5) is 0 Å². The fourth-order valence-corrected chi connectivity index (χ4v) is 4.51. The number of nitrogens with two attached hydrogens (primary N) is 1. The second-order valence-corrected chi connectivity index (χ2v) is 7.41. The van der Waals surface area contributed by atoms with Crippen LogP contribution in [0.1, 0.15) is 52.0 Å². The molecule has 2 aliphatic heterocycles. The molecular formula is C19H25N3O3. The number of nitrogens with zero attached hydrogens (tertiary/aromatic N) is 2. The highest BCUT2D eigenvalue weighted by Gasteiger charge is 2.42. The smallest absolute Gasteiger partial charge is 0.255 e. The summed E-state index contributed by atoms with van der Waals surface area (Å²) < 4.78 is 5.44. The van der Waals surface area contributed by atoms with Crippen LogP contribution in [0.5, 0.6) is 0 Å². The van der Waals surface area contributed by atoms with Gasteiger partial charge in [0.15, 0.2) is 0 Å². The first-order valence-electron chi connectivity index (χ1n) is 9.08. The maximum atomic E-state index is 12.8. The summed E-state index contributed by atoms with van der Waals surface area (Å²) in [5.41, 5.74) is 7.20. The molecule has 1 aromatic carbocycles. The van der Waals surface area contributed by atoms with Crippen LogP contribution < -0.4 is 5.73 Å². The van der Waals surface area contributed by atoms with Crippen molar-refractivity contribution < 1.29 is 14.3 Å². The fourth-order valence-electron chi connectivity index (χ4n) is 4.51. The van der Waals surface area contributed by atoms with E-state index in [1.165, 1.54) is 12.8 Å². The first kappa shape index (κ1) is 16.5. The molecule has 134 valence electrons. The SMILES string of the molecule is CO[C@H]1CC[C@@H](N2CC(N3Cc4cccc(C(N)=O)c4C3=O)C2)CC1. The number of rotatable bonds is 4. The summed E-state index contributed by atoms with van der Waals surface area (Å²) >= 11 is 0. The van der Waals surface area contributed by atoms with Crippen molar-refractivity contribution in [2.45, 2.75) is 50.4 Å². The van der Waals surface area contributed by atoms with E-state index in [0.717, 1.165) is 31.5 Å². The Morgan fingerprint density at radius 2 is 1.88 bits per heavy atom. The van der Waals surface area contributed by atoms with Crippen LogP contribution in [0.2, 0.25) is 0 Å². The molecule has 1 aliphatic carbocycles. The standard InChI is InChI=1S/C19H25N3O3/c1-25-15-7-5-13(6-8-15)21-10-14(11-21)22-9-12-3-2-4-16(18(20)23)17(12)19(22)24/h2-4,13-15H,5-11H2,1H3,(H2,20,23)/t13-,15+. The number of hydrogen-bond acceptors (Lipinski definition) is 4. The van der Waals surface area contributed by atoms with Crippen LogP contribution in [0.15, 0.2) is 18.2 Å². The first-order chi connectivity index (χ1) is 12.1. The number of amides is 2. The van der Waals surface area contributed by atoms with E-state index < -0.39 is 5.91 Å². The minimum Gasteiger partial charge on any atom is -0.381 e. The van der Waals surface area contributed by atoms with E-state index in [-0.39, 0.29) is 11.9 Å². The summed E-state index contributed by atoms with van der Waals surface area (Å²) in [6.07, 6.45) is 5.00. The summed E-state index contributed by atoms with van der Waals surface area (Å²) in [5, 5.41) is 0. The van der Waals surface area contributed by atoms with Crippen molar-refractivity contribution in [1.29, 1.82) is 0 Å². The monoisotopic (exact) mass is 343 g/mol. The second kappa shape index (κ2) is 6.42. The zero-order chi connectivity index (χ0) is 17.6. The zero-order valence-corrected chi connectivity index (χ0v) is 14.6. The van der Waals surface area contributed by atoms with Crippen molar-refractivity contribution in [3.05, 3.63) is 34.9 Å². The van der Waals surface area contributed by atoms with E-state index in [2.05, 4.69) is 4.90 Å². The van der Waals surface area contributed by atoms with Crippen LogP contribution in [-0.4, -0.2) is 60.0 Å². The quantitative estimate of drug-likeness (QED) is 0.896. The summed E-state index contributed by atoms with van der Waals surface area (Å²) in [4.78, 5) is 28.8. The molecule has 1 saturated carbocycles. The van der Waals surface area contributed by atoms with E-state index in [0.29, 0.717) is 29.8 Å². The minimum atomic E-state index is -0.530. The average molecular weight is 343 g/mol. The van der Waals surface area contributed by atoms with Gasteiger partial charge in [0.05, 0.1) is 23.3 Å². The van der Waals surface area contributed by atoms with Gasteiger partial charge in [0.2, 0.25) is 5.91 Å². The number of primary amides is 1. The molecule has 0 unspecified atom stereocenters. The second-order valence-electron chi connectivity index (χ2n) is 7.41. The number of methoxy groups -OCH3 is 1. The highest BCUT2D eigenvalue weighted by atomic mass is 16.5. The molecule has 6 nitrogen and oxygen atoms in total. The molecular weight excluding hydrogens is 318 g/mol. The maximum Gasteiger partial charge on any atom is 0.255 e. The summed E-state index contributed by atoms with van der Waals surface area (Å²) in [5.74, 6) is -0.575. The molecule has 1 saturated heterocycles. The molecule has 2 fully saturated rings. The molecule has 3 aliphatic rings. The molecule has 0 atom stereocenters. The Labute approximate surface area is 147 Å². The molecule has 1 aromatic rings. The zero-order valence-electron chi connectivity index (χ0n) is 14.6. The summed E-state index contributed by atoms with van der Waals surface area (Å²) in [6.45, 7) is 2.44. The number of fused-ring (bicyclic) bond motifs is 1. The number of likely N-dealkylation sites (tertiary alicyclic amines) is 1. The predicted octanol–water partition coefficient (Wildman–Crippen LogP) is 1.38. The number of ether oxygens (including phenoxy) is 1. The molecule has 2 N–H and O–H groups in total.